The quantitative estimate of drug-likeness (QED) is 0.0278. The van der Waals surface area contributed by atoms with E-state index in [0.717, 1.165) is 21.6 Å². The summed E-state index contributed by atoms with van der Waals surface area (Å²) in [5.74, 6) is -0.194. The van der Waals surface area contributed by atoms with Gasteiger partial charge in [-0.2, -0.15) is 9.97 Å². The second kappa shape index (κ2) is 20.5. The molecule has 0 fully saturated rings. The van der Waals surface area contributed by atoms with E-state index in [1.807, 2.05) is 24.3 Å². The lowest BCUT2D eigenvalue weighted by atomic mass is 9.97. The van der Waals surface area contributed by atoms with Crippen LogP contribution in [-0.2, 0) is 46.9 Å². The Morgan fingerprint density at radius 2 is 1.47 bits per heavy atom. The number of aromatic nitrogens is 2. The number of nitrogens with zero attached hydrogens (tertiary/aromatic N) is 6. The largest absolute Gasteiger partial charge is 0.497 e. The summed E-state index contributed by atoms with van der Waals surface area (Å²) in [6.45, 7) is 11.0. The predicted molar refractivity (Wildman–Crippen MR) is 220 cm³/mol. The molecule has 0 saturated heterocycles. The lowest BCUT2D eigenvalue weighted by Gasteiger charge is -2.27. The normalized spacial score (nSPS) is 11.7. The number of esters is 1. The molecule has 16 heteroatoms. The fourth-order valence-corrected chi connectivity index (χ4v) is 6.53. The molecule has 59 heavy (non-hydrogen) atoms. The molecule has 2 amide bonds. The van der Waals surface area contributed by atoms with Gasteiger partial charge in [0.2, 0.25) is 11.6 Å². The smallest absolute Gasteiger partial charge is 0.415 e. The third-order valence-electron chi connectivity index (χ3n) is 9.27. The van der Waals surface area contributed by atoms with Crippen LogP contribution in [-0.4, -0.2) is 78.3 Å². The zero-order valence-corrected chi connectivity index (χ0v) is 33.7. The SMILES string of the molecule is C=CCCOc1nc(N(Cc2ccc(OC)cc2)Cc2ccc(OC)cc2)c([N+](=O)[O-])c(N(Cc2cc(CC=C)c3c(c2)C(=O)N(CC(=O)OCC)C3)C(=O)OCC)n1. The molecule has 4 aromatic rings. The number of anilines is 2. The molecule has 0 N–H and O–H groups in total. The maximum atomic E-state index is 14.0. The molecular formula is C43H48N6O10. The number of carbonyl (C=O) groups excluding carboxylic acids is 3. The Morgan fingerprint density at radius 1 is 0.864 bits per heavy atom. The first-order chi connectivity index (χ1) is 28.5. The average molecular weight is 809 g/mol. The van der Waals surface area contributed by atoms with Crippen LogP contribution in [0.2, 0.25) is 0 Å². The molecule has 0 radical (unpaired) electrons. The first kappa shape index (κ1) is 43.2. The van der Waals surface area contributed by atoms with Crippen molar-refractivity contribution in [2.75, 3.05) is 50.4 Å². The standard InChI is InChI=1S/C43H48N6O10/c1-7-11-21-59-42-44-39(46(24-29-13-17-33(55-5)18-14-29)25-30-15-19-34(56-6)20-16-30)38(49(53)54)40(45-42)48(43(52)58-10-4)26-31-22-32(12-8-2)36-27-47(28-37(50)57-9-3)41(51)35(36)23-31/h7-8,13-20,22-23H,1-2,9-12,21,24-28H2,3-6H3. The number of benzene rings is 3. The number of nitro groups is 1. The molecule has 2 heterocycles. The first-order valence-electron chi connectivity index (χ1n) is 19.0. The van der Waals surface area contributed by atoms with Gasteiger partial charge in [0.05, 0.1) is 45.5 Å². The van der Waals surface area contributed by atoms with Crippen LogP contribution < -0.4 is 24.0 Å². The van der Waals surface area contributed by atoms with E-state index in [9.17, 15) is 24.5 Å². The maximum absolute atomic E-state index is 14.0. The Kier molecular flexibility index (Phi) is 15.0. The van der Waals surface area contributed by atoms with Gasteiger partial charge < -0.3 is 33.5 Å². The molecule has 0 unspecified atom stereocenters. The van der Waals surface area contributed by atoms with Gasteiger partial charge in [0.1, 0.15) is 18.0 Å². The van der Waals surface area contributed by atoms with Crippen LogP contribution in [0.3, 0.4) is 0 Å². The minimum Gasteiger partial charge on any atom is -0.497 e. The van der Waals surface area contributed by atoms with Crippen LogP contribution in [0.15, 0.2) is 86.0 Å². The molecule has 0 bridgehead atoms. The number of carbonyl (C=O) groups is 3. The summed E-state index contributed by atoms with van der Waals surface area (Å²) in [6, 6.07) is 17.7. The summed E-state index contributed by atoms with van der Waals surface area (Å²) >= 11 is 0. The van der Waals surface area contributed by atoms with E-state index in [1.54, 1.807) is 81.5 Å². The number of ether oxygens (including phenoxy) is 5. The number of amides is 2. The lowest BCUT2D eigenvalue weighted by molar-refractivity contribution is -0.383. The van der Waals surface area contributed by atoms with E-state index in [1.165, 1.54) is 4.90 Å². The Bertz CT molecular complexity index is 2110. The highest BCUT2D eigenvalue weighted by Gasteiger charge is 2.37. The topological polar surface area (TPSA) is 176 Å². The van der Waals surface area contributed by atoms with E-state index >= 15 is 0 Å². The number of allylic oxidation sites excluding steroid dienone is 1. The van der Waals surface area contributed by atoms with E-state index in [2.05, 4.69) is 23.1 Å². The van der Waals surface area contributed by atoms with Gasteiger partial charge in [-0.15, -0.1) is 13.2 Å². The van der Waals surface area contributed by atoms with Gasteiger partial charge >= 0.3 is 23.8 Å². The highest BCUT2D eigenvalue weighted by Crippen LogP contribution is 2.40. The van der Waals surface area contributed by atoms with Crippen molar-refractivity contribution in [1.29, 1.82) is 0 Å². The molecule has 0 saturated carbocycles. The molecule has 16 nitrogen and oxygen atoms in total. The third-order valence-corrected chi connectivity index (χ3v) is 9.27. The van der Waals surface area contributed by atoms with Gasteiger partial charge in [-0.3, -0.25) is 24.6 Å². The maximum Gasteiger partial charge on any atom is 0.415 e. The summed E-state index contributed by atoms with van der Waals surface area (Å²) in [6.07, 6.45) is 3.16. The first-order valence-corrected chi connectivity index (χ1v) is 19.0. The molecule has 5 rings (SSSR count). The number of fused-ring (bicyclic) bond motifs is 1. The summed E-state index contributed by atoms with van der Waals surface area (Å²) in [5.41, 5.74) is 3.17. The number of hydrogen-bond donors (Lipinski definition) is 0. The van der Waals surface area contributed by atoms with Crippen LogP contribution in [0.4, 0.5) is 22.1 Å². The average Bonchev–Trinajstić information content (AvgIpc) is 3.54. The predicted octanol–water partition coefficient (Wildman–Crippen LogP) is 6.97. The van der Waals surface area contributed by atoms with Crippen LogP contribution in [0.25, 0.3) is 0 Å². The molecule has 1 aliphatic heterocycles. The van der Waals surface area contributed by atoms with Crippen molar-refractivity contribution in [1.82, 2.24) is 14.9 Å². The van der Waals surface area contributed by atoms with Crippen LogP contribution >= 0.6 is 0 Å². The fourth-order valence-electron chi connectivity index (χ4n) is 6.53. The van der Waals surface area contributed by atoms with Gasteiger partial charge in [0.15, 0.2) is 0 Å². The van der Waals surface area contributed by atoms with Gasteiger partial charge in [0.25, 0.3) is 5.91 Å². The van der Waals surface area contributed by atoms with E-state index in [4.69, 9.17) is 23.7 Å². The van der Waals surface area contributed by atoms with Crippen molar-refractivity contribution in [2.45, 2.75) is 52.9 Å². The van der Waals surface area contributed by atoms with Gasteiger partial charge in [-0.25, -0.2) is 4.79 Å². The Labute approximate surface area is 342 Å². The van der Waals surface area contributed by atoms with Gasteiger partial charge in [0, 0.05) is 25.2 Å². The van der Waals surface area contributed by atoms with Crippen molar-refractivity contribution < 1.29 is 43.0 Å². The minimum atomic E-state index is -0.935. The summed E-state index contributed by atoms with van der Waals surface area (Å²) in [5, 5.41) is 13.4. The second-order valence-corrected chi connectivity index (χ2v) is 13.3. The fraction of sp³-hybridized carbons (Fsp3) is 0.326. The van der Waals surface area contributed by atoms with Gasteiger partial charge in [-0.05, 0) is 84.8 Å². The molecule has 1 aromatic heterocycles. The monoisotopic (exact) mass is 808 g/mol. The van der Waals surface area contributed by atoms with E-state index in [0.29, 0.717) is 41.0 Å². The van der Waals surface area contributed by atoms with Crippen LogP contribution in [0, 0.1) is 10.1 Å². The highest BCUT2D eigenvalue weighted by molar-refractivity contribution is 6.00. The van der Waals surface area contributed by atoms with Crippen molar-refractivity contribution in [3.05, 3.63) is 129 Å². The van der Waals surface area contributed by atoms with Crippen molar-refractivity contribution in [3.63, 3.8) is 0 Å². The van der Waals surface area contributed by atoms with Crippen molar-refractivity contribution in [3.8, 4) is 17.5 Å². The van der Waals surface area contributed by atoms with E-state index in [-0.39, 0.29) is 70.2 Å². The van der Waals surface area contributed by atoms with Crippen molar-refractivity contribution >= 4 is 35.3 Å². The number of hydrogen-bond acceptors (Lipinski definition) is 13. The van der Waals surface area contributed by atoms with Gasteiger partial charge in [-0.1, -0.05) is 42.5 Å². The summed E-state index contributed by atoms with van der Waals surface area (Å²) in [4.78, 5) is 66.0. The lowest BCUT2D eigenvalue weighted by Crippen LogP contribution is -2.34. The second-order valence-electron chi connectivity index (χ2n) is 13.3. The molecular weight excluding hydrogens is 761 g/mol. The molecule has 310 valence electrons. The Morgan fingerprint density at radius 3 is 2.02 bits per heavy atom. The molecule has 0 aliphatic carbocycles. The molecule has 0 spiro atoms. The highest BCUT2D eigenvalue weighted by atomic mass is 16.6. The molecule has 0 atom stereocenters. The summed E-state index contributed by atoms with van der Waals surface area (Å²) in [7, 11) is 3.11. The zero-order chi connectivity index (χ0) is 42.5. The van der Waals surface area contributed by atoms with E-state index < -0.39 is 28.6 Å². The number of rotatable bonds is 21. The molecule has 3 aromatic carbocycles. The third kappa shape index (κ3) is 10.7. The Balaban J connectivity index is 1.68. The zero-order valence-electron chi connectivity index (χ0n) is 33.7. The van der Waals surface area contributed by atoms with Crippen molar-refractivity contribution in [2.24, 2.45) is 0 Å². The Hall–Kier alpha value is -6.97. The summed E-state index contributed by atoms with van der Waals surface area (Å²) < 4.78 is 27.2. The number of methoxy groups -OCH3 is 2. The minimum absolute atomic E-state index is 0.0575. The van der Waals surface area contributed by atoms with Crippen LogP contribution in [0.5, 0.6) is 17.5 Å². The molecule has 1 aliphatic rings. The van der Waals surface area contributed by atoms with Crippen LogP contribution in [0.1, 0.15) is 58.4 Å².